The molecule has 0 saturated heterocycles. The van der Waals surface area contributed by atoms with Gasteiger partial charge in [0, 0.05) is 0 Å². The van der Waals surface area contributed by atoms with Crippen LogP contribution in [0.15, 0.2) is 18.2 Å². The quantitative estimate of drug-likeness (QED) is 0.707. The van der Waals surface area contributed by atoms with E-state index < -0.39 is 0 Å². The van der Waals surface area contributed by atoms with Crippen LogP contribution in [0.2, 0.25) is 0 Å². The van der Waals surface area contributed by atoms with Crippen molar-refractivity contribution in [1.29, 1.82) is 0 Å². The third kappa shape index (κ3) is 2.38. The van der Waals surface area contributed by atoms with Crippen molar-refractivity contribution in [2.24, 2.45) is 0 Å². The summed E-state index contributed by atoms with van der Waals surface area (Å²) in [5.74, 6) is 1.57. The van der Waals surface area contributed by atoms with E-state index >= 15 is 0 Å². The predicted octanol–water partition coefficient (Wildman–Crippen LogP) is 2.47. The Morgan fingerprint density at radius 1 is 1.31 bits per heavy atom. The van der Waals surface area contributed by atoms with E-state index in [1.54, 1.807) is 7.11 Å². The van der Waals surface area contributed by atoms with Crippen molar-refractivity contribution in [3.05, 3.63) is 30.7 Å². The molecule has 71 valence electrons. The van der Waals surface area contributed by atoms with Crippen LogP contribution in [0.25, 0.3) is 0 Å². The first kappa shape index (κ1) is 9.90. The summed E-state index contributed by atoms with van der Waals surface area (Å²) in [6.07, 6.45) is 0.767. The molecule has 1 aromatic rings. The molecular weight excluding hydrogens is 164 g/mol. The Labute approximate surface area is 79.5 Å². The molecule has 0 aliphatic heterocycles. The molecule has 0 aromatic heterocycles. The van der Waals surface area contributed by atoms with E-state index in [0.717, 1.165) is 23.5 Å². The molecule has 1 aromatic carbocycles. The van der Waals surface area contributed by atoms with Crippen molar-refractivity contribution >= 4 is 0 Å². The first-order valence-corrected chi connectivity index (χ1v) is 4.40. The minimum Gasteiger partial charge on any atom is -0.493 e. The lowest BCUT2D eigenvalue weighted by Gasteiger charge is -2.09. The normalized spacial score (nSPS) is 9.77. The Bertz CT molecular complexity index is 269. The molecule has 0 saturated carbocycles. The number of hydrogen-bond acceptors (Lipinski definition) is 2. The average Bonchev–Trinajstić information content (AvgIpc) is 2.19. The van der Waals surface area contributed by atoms with E-state index in [-0.39, 0.29) is 0 Å². The zero-order chi connectivity index (χ0) is 9.68. The van der Waals surface area contributed by atoms with Crippen molar-refractivity contribution in [3.8, 4) is 11.5 Å². The van der Waals surface area contributed by atoms with Gasteiger partial charge in [-0.1, -0.05) is 6.07 Å². The first-order chi connectivity index (χ1) is 6.31. The SMILES string of the molecule is [CH2]Cc1ccc(OCC)c(OC)c1. The van der Waals surface area contributed by atoms with Crippen LogP contribution in [0, 0.1) is 6.92 Å². The molecule has 0 unspecified atom stereocenters. The molecule has 0 fully saturated rings. The average molecular weight is 179 g/mol. The van der Waals surface area contributed by atoms with E-state index in [9.17, 15) is 0 Å². The third-order valence-electron chi connectivity index (χ3n) is 1.82. The first-order valence-electron chi connectivity index (χ1n) is 4.40. The van der Waals surface area contributed by atoms with Crippen LogP contribution < -0.4 is 9.47 Å². The van der Waals surface area contributed by atoms with Gasteiger partial charge in [0.15, 0.2) is 11.5 Å². The van der Waals surface area contributed by atoms with Crippen molar-refractivity contribution in [2.75, 3.05) is 13.7 Å². The molecule has 0 N–H and O–H groups in total. The molecule has 0 bridgehead atoms. The van der Waals surface area contributed by atoms with E-state index in [1.807, 2.05) is 25.1 Å². The fourth-order valence-electron chi connectivity index (χ4n) is 1.14. The van der Waals surface area contributed by atoms with Crippen LogP contribution in [-0.2, 0) is 6.42 Å². The molecular formula is C11H15O2. The van der Waals surface area contributed by atoms with Gasteiger partial charge in [0.1, 0.15) is 0 Å². The van der Waals surface area contributed by atoms with Crippen molar-refractivity contribution in [2.45, 2.75) is 13.3 Å². The monoisotopic (exact) mass is 179 g/mol. The Hall–Kier alpha value is -1.18. The Kier molecular flexibility index (Phi) is 3.62. The summed E-state index contributed by atoms with van der Waals surface area (Å²) in [7, 11) is 1.64. The molecule has 0 aliphatic carbocycles. The van der Waals surface area contributed by atoms with Gasteiger partial charge in [-0.05, 0) is 38.0 Å². The highest BCUT2D eigenvalue weighted by Gasteiger charge is 2.03. The van der Waals surface area contributed by atoms with Crippen LogP contribution in [0.5, 0.6) is 11.5 Å². The minimum atomic E-state index is 0.653. The highest BCUT2D eigenvalue weighted by Crippen LogP contribution is 2.27. The fraction of sp³-hybridized carbons (Fsp3) is 0.364. The van der Waals surface area contributed by atoms with Gasteiger partial charge in [-0.25, -0.2) is 0 Å². The van der Waals surface area contributed by atoms with Gasteiger partial charge in [-0.15, -0.1) is 0 Å². The van der Waals surface area contributed by atoms with Gasteiger partial charge >= 0.3 is 0 Å². The predicted molar refractivity (Wildman–Crippen MR) is 53.2 cm³/mol. The van der Waals surface area contributed by atoms with Crippen molar-refractivity contribution < 1.29 is 9.47 Å². The molecule has 0 aliphatic rings. The zero-order valence-electron chi connectivity index (χ0n) is 8.17. The number of methoxy groups -OCH3 is 1. The molecule has 2 nitrogen and oxygen atoms in total. The lowest BCUT2D eigenvalue weighted by atomic mass is 10.1. The lowest BCUT2D eigenvalue weighted by Crippen LogP contribution is -1.95. The van der Waals surface area contributed by atoms with Gasteiger partial charge in [-0.2, -0.15) is 0 Å². The summed E-state index contributed by atoms with van der Waals surface area (Å²) in [4.78, 5) is 0. The molecule has 0 atom stereocenters. The summed E-state index contributed by atoms with van der Waals surface area (Å²) in [5.41, 5.74) is 1.15. The zero-order valence-corrected chi connectivity index (χ0v) is 8.17. The van der Waals surface area contributed by atoms with Crippen LogP contribution in [0.1, 0.15) is 12.5 Å². The summed E-state index contributed by atoms with van der Waals surface area (Å²) in [6.45, 7) is 6.42. The van der Waals surface area contributed by atoms with E-state index in [1.165, 1.54) is 0 Å². The maximum Gasteiger partial charge on any atom is 0.161 e. The van der Waals surface area contributed by atoms with Gasteiger partial charge in [0.25, 0.3) is 0 Å². The number of rotatable bonds is 4. The van der Waals surface area contributed by atoms with Crippen LogP contribution in [0.3, 0.4) is 0 Å². The Morgan fingerprint density at radius 2 is 2.08 bits per heavy atom. The topological polar surface area (TPSA) is 18.5 Å². The smallest absolute Gasteiger partial charge is 0.161 e. The summed E-state index contributed by atoms with van der Waals surface area (Å²) >= 11 is 0. The molecule has 2 heteroatoms. The molecule has 0 heterocycles. The molecule has 0 spiro atoms. The highest BCUT2D eigenvalue weighted by molar-refractivity contribution is 5.43. The number of benzene rings is 1. The van der Waals surface area contributed by atoms with Gasteiger partial charge in [-0.3, -0.25) is 0 Å². The standard InChI is InChI=1S/C11H15O2/c1-4-9-6-7-10(13-5-2)11(8-9)12-3/h6-8H,1,4-5H2,2-3H3. The summed E-state index contributed by atoms with van der Waals surface area (Å²) in [6, 6.07) is 5.88. The second-order valence-corrected chi connectivity index (χ2v) is 2.67. The fourth-order valence-corrected chi connectivity index (χ4v) is 1.14. The second-order valence-electron chi connectivity index (χ2n) is 2.67. The van der Waals surface area contributed by atoms with Crippen LogP contribution in [0.4, 0.5) is 0 Å². The Balaban J connectivity index is 2.93. The maximum absolute atomic E-state index is 5.38. The van der Waals surface area contributed by atoms with E-state index in [0.29, 0.717) is 6.61 Å². The Morgan fingerprint density at radius 3 is 2.62 bits per heavy atom. The number of ether oxygens (including phenoxy) is 2. The molecule has 1 radical (unpaired) electrons. The number of hydrogen-bond donors (Lipinski definition) is 0. The largest absolute Gasteiger partial charge is 0.493 e. The summed E-state index contributed by atoms with van der Waals surface area (Å²) in [5, 5.41) is 0. The van der Waals surface area contributed by atoms with E-state index in [4.69, 9.17) is 9.47 Å². The van der Waals surface area contributed by atoms with Crippen LogP contribution >= 0.6 is 0 Å². The highest BCUT2D eigenvalue weighted by atomic mass is 16.5. The van der Waals surface area contributed by atoms with Crippen LogP contribution in [-0.4, -0.2) is 13.7 Å². The third-order valence-corrected chi connectivity index (χ3v) is 1.82. The maximum atomic E-state index is 5.38. The molecule has 1 rings (SSSR count). The van der Waals surface area contributed by atoms with Gasteiger partial charge < -0.3 is 9.47 Å². The second kappa shape index (κ2) is 4.75. The van der Waals surface area contributed by atoms with Crippen molar-refractivity contribution in [3.63, 3.8) is 0 Å². The van der Waals surface area contributed by atoms with Gasteiger partial charge in [0.05, 0.1) is 13.7 Å². The van der Waals surface area contributed by atoms with Crippen molar-refractivity contribution in [1.82, 2.24) is 0 Å². The molecule has 13 heavy (non-hydrogen) atoms. The molecule has 0 amide bonds. The minimum absolute atomic E-state index is 0.653. The van der Waals surface area contributed by atoms with Gasteiger partial charge in [0.2, 0.25) is 0 Å². The summed E-state index contributed by atoms with van der Waals surface area (Å²) < 4.78 is 10.6. The van der Waals surface area contributed by atoms with E-state index in [2.05, 4.69) is 6.92 Å². The lowest BCUT2D eigenvalue weighted by molar-refractivity contribution is 0.310.